The predicted octanol–water partition coefficient (Wildman–Crippen LogP) is 4.92. The van der Waals surface area contributed by atoms with Crippen LogP contribution in [-0.4, -0.2) is 30.6 Å². The van der Waals surface area contributed by atoms with Crippen molar-refractivity contribution in [1.82, 2.24) is 0 Å². The summed E-state index contributed by atoms with van der Waals surface area (Å²) in [6.45, 7) is 0. The molecule has 0 aliphatic carbocycles. The van der Waals surface area contributed by atoms with Crippen LogP contribution in [-0.2, 0) is 0 Å². The van der Waals surface area contributed by atoms with Crippen molar-refractivity contribution in [3.63, 3.8) is 0 Å². The summed E-state index contributed by atoms with van der Waals surface area (Å²) in [4.78, 5) is 0. The second-order valence-corrected chi connectivity index (χ2v) is 6.82. The Hall–Kier alpha value is -4.32. The lowest BCUT2D eigenvalue weighted by molar-refractivity contribution is 0.369. The first-order chi connectivity index (χ1) is 14.4. The van der Waals surface area contributed by atoms with Crippen molar-refractivity contribution >= 4 is 0 Å². The molecule has 0 spiro atoms. The Kier molecular flexibility index (Phi) is 4.60. The molecule has 6 N–H and O–H groups in total. The van der Waals surface area contributed by atoms with E-state index < -0.39 is 34.5 Å². The summed E-state index contributed by atoms with van der Waals surface area (Å²) >= 11 is 0. The van der Waals surface area contributed by atoms with Crippen LogP contribution in [0.2, 0.25) is 0 Å². The summed E-state index contributed by atoms with van der Waals surface area (Å²) in [6.07, 6.45) is 0. The van der Waals surface area contributed by atoms with Gasteiger partial charge in [-0.25, -0.2) is 0 Å². The molecule has 6 heteroatoms. The Morgan fingerprint density at radius 2 is 0.800 bits per heavy atom. The van der Waals surface area contributed by atoms with Crippen molar-refractivity contribution in [3.05, 3.63) is 72.8 Å². The monoisotopic (exact) mass is 402 g/mol. The molecule has 0 aliphatic heterocycles. The van der Waals surface area contributed by atoms with Gasteiger partial charge in [0.05, 0.1) is 0 Å². The fraction of sp³-hybridized carbons (Fsp3) is 0. The van der Waals surface area contributed by atoms with Crippen LogP contribution < -0.4 is 0 Å². The van der Waals surface area contributed by atoms with Crippen LogP contribution in [0.3, 0.4) is 0 Å². The van der Waals surface area contributed by atoms with E-state index in [2.05, 4.69) is 0 Å². The number of benzene rings is 4. The van der Waals surface area contributed by atoms with Crippen LogP contribution in [0.5, 0.6) is 34.5 Å². The Labute approximate surface area is 171 Å². The van der Waals surface area contributed by atoms with Gasteiger partial charge in [0.2, 0.25) is 11.5 Å². The van der Waals surface area contributed by atoms with E-state index in [9.17, 15) is 30.6 Å². The minimum absolute atomic E-state index is 0.270. The Bertz CT molecular complexity index is 1170. The highest BCUT2D eigenvalue weighted by molar-refractivity contribution is 5.86. The highest BCUT2D eigenvalue weighted by atomic mass is 16.3. The molecule has 4 rings (SSSR count). The lowest BCUT2D eigenvalue weighted by Gasteiger charge is -2.14. The van der Waals surface area contributed by atoms with Gasteiger partial charge in [0.15, 0.2) is 23.0 Å². The molecule has 0 heterocycles. The first-order valence-electron chi connectivity index (χ1n) is 9.06. The molecule has 0 saturated heterocycles. The van der Waals surface area contributed by atoms with Gasteiger partial charge in [-0.2, -0.15) is 0 Å². The average molecular weight is 402 g/mol. The van der Waals surface area contributed by atoms with Crippen LogP contribution in [0.15, 0.2) is 72.8 Å². The molecule has 30 heavy (non-hydrogen) atoms. The lowest BCUT2D eigenvalue weighted by Crippen LogP contribution is -1.88. The van der Waals surface area contributed by atoms with Crippen LogP contribution in [0.25, 0.3) is 33.4 Å². The lowest BCUT2D eigenvalue weighted by atomic mass is 9.92. The van der Waals surface area contributed by atoms with Gasteiger partial charge in [0.1, 0.15) is 0 Å². The van der Waals surface area contributed by atoms with Crippen molar-refractivity contribution in [1.29, 1.82) is 0 Å². The van der Waals surface area contributed by atoms with E-state index in [0.717, 1.165) is 11.1 Å². The van der Waals surface area contributed by atoms with Gasteiger partial charge in [0, 0.05) is 11.1 Å². The summed E-state index contributed by atoms with van der Waals surface area (Å²) in [5.74, 6) is -3.13. The van der Waals surface area contributed by atoms with Crippen molar-refractivity contribution in [2.45, 2.75) is 0 Å². The van der Waals surface area contributed by atoms with Crippen LogP contribution >= 0.6 is 0 Å². The third-order valence-electron chi connectivity index (χ3n) is 4.92. The zero-order chi connectivity index (χ0) is 21.4. The van der Waals surface area contributed by atoms with Gasteiger partial charge in [-0.1, -0.05) is 30.3 Å². The zero-order valence-electron chi connectivity index (χ0n) is 15.6. The normalized spacial score (nSPS) is 10.8. The number of aromatic hydroxyl groups is 6. The van der Waals surface area contributed by atoms with E-state index in [0.29, 0.717) is 11.1 Å². The van der Waals surface area contributed by atoms with E-state index in [1.807, 2.05) is 30.3 Å². The predicted molar refractivity (Wildman–Crippen MR) is 113 cm³/mol. The highest BCUT2D eigenvalue weighted by Gasteiger charge is 2.17. The largest absolute Gasteiger partial charge is 0.504 e. The van der Waals surface area contributed by atoms with Gasteiger partial charge >= 0.3 is 0 Å². The molecule has 4 aromatic carbocycles. The van der Waals surface area contributed by atoms with Crippen molar-refractivity contribution in [2.75, 3.05) is 0 Å². The molecule has 6 nitrogen and oxygen atoms in total. The Balaban J connectivity index is 2.00. The van der Waals surface area contributed by atoms with Gasteiger partial charge in [-0.05, 0) is 64.7 Å². The molecule has 0 radical (unpaired) electrons. The third kappa shape index (κ3) is 3.20. The quantitative estimate of drug-likeness (QED) is 0.271. The molecular formula is C24H18O6. The standard InChI is InChI=1S/C24H18O6/c25-19-8-6-17(21(27)23(19)29)15-10-14(13-4-2-1-3-5-13)11-16(12-15)18-7-9-20(26)24(30)22(18)28/h1-12,25-30H. The highest BCUT2D eigenvalue weighted by Crippen LogP contribution is 2.46. The number of phenolic OH excluding ortho intramolecular Hbond substituents is 6. The first-order valence-corrected chi connectivity index (χ1v) is 9.06. The van der Waals surface area contributed by atoms with Crippen LogP contribution in [0.4, 0.5) is 0 Å². The van der Waals surface area contributed by atoms with Crippen molar-refractivity contribution in [3.8, 4) is 67.9 Å². The molecular weight excluding hydrogens is 384 g/mol. The third-order valence-corrected chi connectivity index (χ3v) is 4.92. The van der Waals surface area contributed by atoms with E-state index in [1.165, 1.54) is 24.3 Å². The number of hydrogen-bond acceptors (Lipinski definition) is 6. The SMILES string of the molecule is Oc1ccc(-c2cc(-c3ccccc3)cc(-c3ccc(O)c(O)c3O)c2)c(O)c1O. The molecule has 0 aliphatic rings. The summed E-state index contributed by atoms with van der Waals surface area (Å²) in [6, 6.07) is 20.1. The molecule has 0 atom stereocenters. The number of rotatable bonds is 3. The summed E-state index contributed by atoms with van der Waals surface area (Å²) in [7, 11) is 0. The Morgan fingerprint density at radius 1 is 0.367 bits per heavy atom. The number of hydrogen-bond donors (Lipinski definition) is 6. The minimum Gasteiger partial charge on any atom is -0.504 e. The van der Waals surface area contributed by atoms with E-state index in [-0.39, 0.29) is 11.1 Å². The molecule has 0 saturated carbocycles. The molecule has 0 amide bonds. The van der Waals surface area contributed by atoms with E-state index in [4.69, 9.17) is 0 Å². The van der Waals surface area contributed by atoms with E-state index in [1.54, 1.807) is 18.2 Å². The maximum atomic E-state index is 10.4. The van der Waals surface area contributed by atoms with Gasteiger partial charge in [-0.15, -0.1) is 0 Å². The second-order valence-electron chi connectivity index (χ2n) is 6.82. The van der Waals surface area contributed by atoms with Gasteiger partial charge < -0.3 is 30.6 Å². The molecule has 150 valence electrons. The number of phenols is 6. The summed E-state index contributed by atoms with van der Waals surface area (Å²) < 4.78 is 0. The molecule has 0 aromatic heterocycles. The van der Waals surface area contributed by atoms with Crippen molar-refractivity contribution in [2.24, 2.45) is 0 Å². The van der Waals surface area contributed by atoms with E-state index >= 15 is 0 Å². The zero-order valence-corrected chi connectivity index (χ0v) is 15.6. The van der Waals surface area contributed by atoms with Gasteiger partial charge in [-0.3, -0.25) is 0 Å². The minimum atomic E-state index is -0.635. The topological polar surface area (TPSA) is 121 Å². The maximum absolute atomic E-state index is 10.4. The van der Waals surface area contributed by atoms with Crippen molar-refractivity contribution < 1.29 is 30.6 Å². The Morgan fingerprint density at radius 3 is 1.27 bits per heavy atom. The fourth-order valence-electron chi connectivity index (χ4n) is 3.34. The molecule has 0 unspecified atom stereocenters. The summed E-state index contributed by atoms with van der Waals surface area (Å²) in [5, 5.41) is 59.8. The smallest absolute Gasteiger partial charge is 0.200 e. The average Bonchev–Trinajstić information content (AvgIpc) is 2.76. The van der Waals surface area contributed by atoms with Gasteiger partial charge in [0.25, 0.3) is 0 Å². The van der Waals surface area contributed by atoms with Crippen LogP contribution in [0, 0.1) is 0 Å². The summed E-state index contributed by atoms with van der Waals surface area (Å²) in [5.41, 5.74) is 3.17. The second kappa shape index (κ2) is 7.25. The molecule has 0 bridgehead atoms. The fourth-order valence-corrected chi connectivity index (χ4v) is 3.34. The molecule has 4 aromatic rings. The first kappa shape index (κ1) is 19.0. The maximum Gasteiger partial charge on any atom is 0.200 e. The van der Waals surface area contributed by atoms with Crippen LogP contribution in [0.1, 0.15) is 0 Å². The molecule has 0 fully saturated rings.